The third-order valence-corrected chi connectivity index (χ3v) is 5.12. The average Bonchev–Trinajstić information content (AvgIpc) is 2.68. The van der Waals surface area contributed by atoms with Crippen LogP contribution >= 0.6 is 0 Å². The van der Waals surface area contributed by atoms with E-state index in [-0.39, 0.29) is 11.9 Å². The maximum Gasteiger partial charge on any atom is 0.227 e. The maximum atomic E-state index is 12.9. The van der Waals surface area contributed by atoms with Crippen molar-refractivity contribution in [2.45, 2.75) is 31.7 Å². The molecule has 0 spiro atoms. The number of hydrogen-bond acceptors (Lipinski definition) is 2. The molecule has 1 saturated heterocycles. The molecule has 0 N–H and O–H groups in total. The Hall–Kier alpha value is -2.13. The van der Waals surface area contributed by atoms with Crippen molar-refractivity contribution in [2.75, 3.05) is 26.7 Å². The van der Waals surface area contributed by atoms with E-state index < -0.39 is 0 Å². The second kappa shape index (κ2) is 8.82. The van der Waals surface area contributed by atoms with Gasteiger partial charge in [0.2, 0.25) is 5.91 Å². The number of piperidine rings is 1. The number of likely N-dealkylation sites (N-methyl/N-ethyl adjacent to an activating group) is 1. The lowest BCUT2D eigenvalue weighted by atomic mass is 10.0. The summed E-state index contributed by atoms with van der Waals surface area (Å²) in [6.45, 7) is 3.20. The van der Waals surface area contributed by atoms with E-state index in [9.17, 15) is 4.79 Å². The summed E-state index contributed by atoms with van der Waals surface area (Å²) in [5, 5.41) is 0. The first-order valence-corrected chi connectivity index (χ1v) is 9.31. The fourth-order valence-corrected chi connectivity index (χ4v) is 3.58. The Labute approximate surface area is 151 Å². The first-order chi connectivity index (χ1) is 12.2. The van der Waals surface area contributed by atoms with E-state index in [1.807, 2.05) is 48.3 Å². The molecule has 1 amide bonds. The Kier molecular flexibility index (Phi) is 6.24. The molecule has 1 heterocycles. The summed E-state index contributed by atoms with van der Waals surface area (Å²) < 4.78 is 0. The molecule has 132 valence electrons. The van der Waals surface area contributed by atoms with Crippen LogP contribution in [0.4, 0.5) is 0 Å². The van der Waals surface area contributed by atoms with Gasteiger partial charge in [-0.15, -0.1) is 0 Å². The van der Waals surface area contributed by atoms with Crippen molar-refractivity contribution in [3.05, 3.63) is 71.8 Å². The molecule has 0 bridgehead atoms. The molecule has 2 aromatic rings. The van der Waals surface area contributed by atoms with Crippen LogP contribution < -0.4 is 0 Å². The lowest BCUT2D eigenvalue weighted by Crippen LogP contribution is -2.41. The van der Waals surface area contributed by atoms with Crippen LogP contribution in [0.25, 0.3) is 0 Å². The maximum absolute atomic E-state index is 12.9. The Balaban J connectivity index is 1.74. The molecule has 1 aliphatic rings. The molecule has 0 aliphatic carbocycles. The van der Waals surface area contributed by atoms with Crippen molar-refractivity contribution in [2.24, 2.45) is 0 Å². The summed E-state index contributed by atoms with van der Waals surface area (Å²) in [5.74, 6) is 0.178. The highest BCUT2D eigenvalue weighted by Crippen LogP contribution is 2.23. The molecule has 3 rings (SSSR count). The number of benzene rings is 2. The van der Waals surface area contributed by atoms with Crippen LogP contribution in [0.5, 0.6) is 0 Å². The van der Waals surface area contributed by atoms with Crippen LogP contribution in [-0.4, -0.2) is 42.4 Å². The van der Waals surface area contributed by atoms with Gasteiger partial charge in [0.1, 0.15) is 0 Å². The highest BCUT2D eigenvalue weighted by molar-refractivity contribution is 5.79. The summed E-state index contributed by atoms with van der Waals surface area (Å²) >= 11 is 0. The smallest absolute Gasteiger partial charge is 0.227 e. The molecule has 0 aromatic heterocycles. The van der Waals surface area contributed by atoms with Crippen LogP contribution in [0.2, 0.25) is 0 Å². The van der Waals surface area contributed by atoms with E-state index in [1.165, 1.54) is 24.8 Å². The molecular formula is C22H28N2O. The van der Waals surface area contributed by atoms with E-state index >= 15 is 0 Å². The molecule has 1 atom stereocenters. The molecule has 0 saturated carbocycles. The molecule has 25 heavy (non-hydrogen) atoms. The zero-order valence-electron chi connectivity index (χ0n) is 15.1. The number of carbonyl (C=O) groups is 1. The van der Waals surface area contributed by atoms with Gasteiger partial charge in [0, 0.05) is 13.6 Å². The Morgan fingerprint density at radius 1 is 0.960 bits per heavy atom. The van der Waals surface area contributed by atoms with Crippen molar-refractivity contribution >= 4 is 5.91 Å². The van der Waals surface area contributed by atoms with Gasteiger partial charge in [-0.25, -0.2) is 0 Å². The first-order valence-electron chi connectivity index (χ1n) is 9.31. The highest BCUT2D eigenvalue weighted by Gasteiger charge is 2.24. The summed E-state index contributed by atoms with van der Waals surface area (Å²) in [7, 11) is 1.95. The fourth-order valence-electron chi connectivity index (χ4n) is 3.58. The van der Waals surface area contributed by atoms with Crippen molar-refractivity contribution < 1.29 is 4.79 Å². The van der Waals surface area contributed by atoms with Crippen molar-refractivity contribution in [3.8, 4) is 0 Å². The van der Waals surface area contributed by atoms with E-state index in [0.29, 0.717) is 6.42 Å². The Morgan fingerprint density at radius 3 is 2.20 bits per heavy atom. The third kappa shape index (κ3) is 4.93. The number of likely N-dealkylation sites (tertiary alicyclic amines) is 1. The number of rotatable bonds is 6. The van der Waals surface area contributed by atoms with Gasteiger partial charge in [-0.05, 0) is 37.1 Å². The zero-order valence-corrected chi connectivity index (χ0v) is 15.1. The summed E-state index contributed by atoms with van der Waals surface area (Å²) in [5.41, 5.74) is 2.29. The summed E-state index contributed by atoms with van der Waals surface area (Å²) in [6.07, 6.45) is 4.32. The Morgan fingerprint density at radius 2 is 1.56 bits per heavy atom. The van der Waals surface area contributed by atoms with Gasteiger partial charge in [-0.3, -0.25) is 4.79 Å². The molecule has 0 unspecified atom stereocenters. The molecule has 1 aliphatic heterocycles. The van der Waals surface area contributed by atoms with Gasteiger partial charge in [0.15, 0.2) is 0 Å². The highest BCUT2D eigenvalue weighted by atomic mass is 16.2. The topological polar surface area (TPSA) is 23.6 Å². The van der Waals surface area contributed by atoms with Crippen molar-refractivity contribution in [1.82, 2.24) is 9.80 Å². The number of hydrogen-bond donors (Lipinski definition) is 0. The standard InChI is InChI=1S/C22H28N2O/c1-23(22(25)17-19-11-5-2-6-12-19)21(20-13-7-3-8-14-20)18-24-15-9-4-10-16-24/h2-3,5-8,11-14,21H,4,9-10,15-18H2,1H3/t21-/m0/s1. The molecule has 0 radical (unpaired) electrons. The third-order valence-electron chi connectivity index (χ3n) is 5.12. The SMILES string of the molecule is CN(C(=O)Cc1ccccc1)[C@@H](CN1CCCCC1)c1ccccc1. The molecule has 3 heteroatoms. The van der Waals surface area contributed by atoms with Gasteiger partial charge in [-0.2, -0.15) is 0 Å². The average molecular weight is 336 g/mol. The minimum atomic E-state index is 0.107. The van der Waals surface area contributed by atoms with E-state index in [4.69, 9.17) is 0 Å². The number of amides is 1. The number of nitrogens with zero attached hydrogens (tertiary/aromatic N) is 2. The molecule has 1 fully saturated rings. The van der Waals surface area contributed by atoms with Gasteiger partial charge < -0.3 is 9.80 Å². The van der Waals surface area contributed by atoms with Gasteiger partial charge in [-0.1, -0.05) is 67.1 Å². The zero-order chi connectivity index (χ0) is 17.5. The second-order valence-electron chi connectivity index (χ2n) is 6.95. The Bertz CT molecular complexity index is 650. The van der Waals surface area contributed by atoms with Crippen LogP contribution in [0.1, 0.15) is 36.4 Å². The molecule has 2 aromatic carbocycles. The van der Waals surface area contributed by atoms with Crippen LogP contribution in [0.3, 0.4) is 0 Å². The summed E-state index contributed by atoms with van der Waals surface area (Å²) in [4.78, 5) is 17.3. The summed E-state index contributed by atoms with van der Waals surface area (Å²) in [6, 6.07) is 20.6. The van der Waals surface area contributed by atoms with E-state index in [0.717, 1.165) is 25.2 Å². The lowest BCUT2D eigenvalue weighted by molar-refractivity contribution is -0.131. The largest absolute Gasteiger partial charge is 0.337 e. The van der Waals surface area contributed by atoms with Crippen molar-refractivity contribution in [1.29, 1.82) is 0 Å². The van der Waals surface area contributed by atoms with Crippen molar-refractivity contribution in [3.63, 3.8) is 0 Å². The van der Waals surface area contributed by atoms with Gasteiger partial charge in [0.05, 0.1) is 12.5 Å². The second-order valence-corrected chi connectivity index (χ2v) is 6.95. The van der Waals surface area contributed by atoms with Crippen LogP contribution in [0, 0.1) is 0 Å². The monoisotopic (exact) mass is 336 g/mol. The minimum absolute atomic E-state index is 0.107. The molecular weight excluding hydrogens is 308 g/mol. The van der Waals surface area contributed by atoms with Crippen LogP contribution in [-0.2, 0) is 11.2 Å². The van der Waals surface area contributed by atoms with E-state index in [1.54, 1.807) is 0 Å². The minimum Gasteiger partial charge on any atom is -0.337 e. The fraction of sp³-hybridized carbons (Fsp3) is 0.409. The lowest BCUT2D eigenvalue weighted by Gasteiger charge is -2.35. The quantitative estimate of drug-likeness (QED) is 0.798. The predicted octanol–water partition coefficient (Wildman–Crippen LogP) is 3.91. The number of carbonyl (C=O) groups excluding carboxylic acids is 1. The predicted molar refractivity (Wildman–Crippen MR) is 102 cm³/mol. The van der Waals surface area contributed by atoms with E-state index in [2.05, 4.69) is 29.2 Å². The first kappa shape index (κ1) is 17.7. The van der Waals surface area contributed by atoms with Gasteiger partial charge >= 0.3 is 0 Å². The van der Waals surface area contributed by atoms with Crippen LogP contribution in [0.15, 0.2) is 60.7 Å². The normalized spacial score (nSPS) is 16.4. The van der Waals surface area contributed by atoms with Gasteiger partial charge in [0.25, 0.3) is 0 Å². The molecule has 3 nitrogen and oxygen atoms in total.